The molecule has 1 atom stereocenters. The number of rotatable bonds is 4. The maximum atomic E-state index is 12.5. The number of carboxylic acid groups (broad SMARTS) is 1. The number of nitrogens with zero attached hydrogens (tertiary/aromatic N) is 1. The summed E-state index contributed by atoms with van der Waals surface area (Å²) in [6, 6.07) is 8.75. The molecule has 2 aromatic rings. The Morgan fingerprint density at radius 2 is 1.76 bits per heavy atom. The number of benzene rings is 2. The summed E-state index contributed by atoms with van der Waals surface area (Å²) in [5.41, 5.74) is 0.351. The molecule has 0 aliphatic carbocycles. The van der Waals surface area contributed by atoms with Crippen LogP contribution in [0.5, 0.6) is 11.5 Å². The summed E-state index contributed by atoms with van der Waals surface area (Å²) in [5.74, 6) is -2.74. The van der Waals surface area contributed by atoms with Crippen LogP contribution in [-0.4, -0.2) is 39.1 Å². The summed E-state index contributed by atoms with van der Waals surface area (Å²) >= 11 is 0. The van der Waals surface area contributed by atoms with Crippen molar-refractivity contribution in [2.45, 2.75) is 12.5 Å². The summed E-state index contributed by atoms with van der Waals surface area (Å²) < 4.78 is 0. The smallest absolute Gasteiger partial charge is 0.339 e. The molecule has 2 aromatic carbocycles. The lowest BCUT2D eigenvalue weighted by molar-refractivity contribution is -0.121. The van der Waals surface area contributed by atoms with Gasteiger partial charge in [-0.1, -0.05) is 0 Å². The zero-order valence-corrected chi connectivity index (χ0v) is 12.8. The van der Waals surface area contributed by atoms with E-state index in [9.17, 15) is 24.6 Å². The standard InChI is InChI=1S/C17H14N2O6/c20-11-4-1-9(2-5-11)18-13-8-15(22)19(16(13)23)10-3-6-12(17(24)25)14(21)7-10/h1-7,13,18,20-21H,8H2,(H,24,25). The molecule has 0 bridgehead atoms. The number of anilines is 2. The lowest BCUT2D eigenvalue weighted by Gasteiger charge is -2.16. The Kier molecular flexibility index (Phi) is 4.02. The zero-order valence-electron chi connectivity index (χ0n) is 12.8. The number of imide groups is 1. The highest BCUT2D eigenvalue weighted by Gasteiger charge is 2.39. The van der Waals surface area contributed by atoms with E-state index >= 15 is 0 Å². The number of aromatic carboxylic acids is 1. The van der Waals surface area contributed by atoms with Gasteiger partial charge in [0.05, 0.1) is 12.1 Å². The summed E-state index contributed by atoms with van der Waals surface area (Å²) in [7, 11) is 0. The zero-order chi connectivity index (χ0) is 18.1. The average Bonchev–Trinajstić information content (AvgIpc) is 2.83. The van der Waals surface area contributed by atoms with Crippen LogP contribution >= 0.6 is 0 Å². The van der Waals surface area contributed by atoms with Gasteiger partial charge in [0.25, 0.3) is 5.91 Å². The van der Waals surface area contributed by atoms with Crippen LogP contribution in [0.25, 0.3) is 0 Å². The second kappa shape index (κ2) is 6.16. The Hall–Kier alpha value is -3.55. The van der Waals surface area contributed by atoms with Gasteiger partial charge in [-0.15, -0.1) is 0 Å². The predicted octanol–water partition coefficient (Wildman–Crippen LogP) is 1.54. The molecule has 25 heavy (non-hydrogen) atoms. The third-order valence-electron chi connectivity index (χ3n) is 3.82. The third kappa shape index (κ3) is 3.09. The minimum atomic E-state index is -1.31. The number of amides is 2. The van der Waals surface area contributed by atoms with E-state index in [4.69, 9.17) is 5.11 Å². The molecule has 1 saturated heterocycles. The van der Waals surface area contributed by atoms with E-state index in [2.05, 4.69) is 5.32 Å². The molecule has 0 saturated carbocycles. The van der Waals surface area contributed by atoms with E-state index < -0.39 is 29.6 Å². The molecule has 1 aliphatic rings. The fraction of sp³-hybridized carbons (Fsp3) is 0.118. The van der Waals surface area contributed by atoms with E-state index in [0.29, 0.717) is 5.69 Å². The second-order valence-corrected chi connectivity index (χ2v) is 5.52. The maximum Gasteiger partial charge on any atom is 0.339 e. The van der Waals surface area contributed by atoms with Gasteiger partial charge in [0.2, 0.25) is 5.91 Å². The van der Waals surface area contributed by atoms with Gasteiger partial charge >= 0.3 is 5.97 Å². The number of phenols is 2. The van der Waals surface area contributed by atoms with E-state index in [1.807, 2.05) is 0 Å². The molecule has 1 heterocycles. The number of hydrogen-bond donors (Lipinski definition) is 4. The summed E-state index contributed by atoms with van der Waals surface area (Å²) in [5, 5.41) is 30.8. The molecule has 128 valence electrons. The van der Waals surface area contributed by atoms with Crippen molar-refractivity contribution in [2.24, 2.45) is 0 Å². The lowest BCUT2D eigenvalue weighted by atomic mass is 10.1. The fourth-order valence-corrected chi connectivity index (χ4v) is 2.61. The summed E-state index contributed by atoms with van der Waals surface area (Å²) in [4.78, 5) is 36.5. The van der Waals surface area contributed by atoms with Crippen LogP contribution in [0.15, 0.2) is 42.5 Å². The highest BCUT2D eigenvalue weighted by molar-refractivity contribution is 6.23. The molecule has 0 radical (unpaired) electrons. The second-order valence-electron chi connectivity index (χ2n) is 5.52. The van der Waals surface area contributed by atoms with Crippen molar-refractivity contribution in [3.63, 3.8) is 0 Å². The molecule has 8 heteroatoms. The van der Waals surface area contributed by atoms with Gasteiger partial charge in [0.1, 0.15) is 23.1 Å². The first-order valence-corrected chi connectivity index (χ1v) is 7.35. The average molecular weight is 342 g/mol. The highest BCUT2D eigenvalue weighted by Crippen LogP contribution is 2.29. The van der Waals surface area contributed by atoms with Crippen molar-refractivity contribution in [1.82, 2.24) is 0 Å². The molecule has 0 spiro atoms. The normalized spacial score (nSPS) is 17.0. The molecule has 1 aliphatic heterocycles. The van der Waals surface area contributed by atoms with Crippen molar-refractivity contribution in [1.29, 1.82) is 0 Å². The number of hydrogen-bond acceptors (Lipinski definition) is 6. The molecule has 0 aromatic heterocycles. The molecule has 3 rings (SSSR count). The van der Waals surface area contributed by atoms with Gasteiger partial charge in [-0.2, -0.15) is 0 Å². The first-order chi connectivity index (χ1) is 11.9. The van der Waals surface area contributed by atoms with Gasteiger partial charge in [0, 0.05) is 11.8 Å². The predicted molar refractivity (Wildman–Crippen MR) is 87.7 cm³/mol. The van der Waals surface area contributed by atoms with Gasteiger partial charge < -0.3 is 20.6 Å². The number of carboxylic acids is 1. The molecule has 2 amide bonds. The van der Waals surface area contributed by atoms with Crippen molar-refractivity contribution < 1.29 is 29.7 Å². The first-order valence-electron chi connectivity index (χ1n) is 7.35. The number of nitrogens with one attached hydrogen (secondary N) is 1. The highest BCUT2D eigenvalue weighted by atomic mass is 16.4. The van der Waals surface area contributed by atoms with E-state index in [0.717, 1.165) is 17.0 Å². The van der Waals surface area contributed by atoms with Gasteiger partial charge in [-0.3, -0.25) is 9.59 Å². The van der Waals surface area contributed by atoms with Crippen molar-refractivity contribution >= 4 is 29.2 Å². The summed E-state index contributed by atoms with van der Waals surface area (Å²) in [6.07, 6.45) is -0.0822. The number of carbonyl (C=O) groups is 3. The van der Waals surface area contributed by atoms with Crippen LogP contribution in [0.2, 0.25) is 0 Å². The van der Waals surface area contributed by atoms with Gasteiger partial charge in [-0.05, 0) is 36.4 Å². The number of phenolic OH excluding ortho intramolecular Hbond substituents is 1. The van der Waals surface area contributed by atoms with Crippen LogP contribution in [0.3, 0.4) is 0 Å². The van der Waals surface area contributed by atoms with Crippen LogP contribution in [-0.2, 0) is 9.59 Å². The Morgan fingerprint density at radius 1 is 1.08 bits per heavy atom. The van der Waals surface area contributed by atoms with E-state index in [-0.39, 0.29) is 23.4 Å². The Balaban J connectivity index is 1.82. The Labute approximate surface area is 141 Å². The molecule has 1 unspecified atom stereocenters. The lowest BCUT2D eigenvalue weighted by Crippen LogP contribution is -2.34. The van der Waals surface area contributed by atoms with Crippen molar-refractivity contribution in [2.75, 3.05) is 10.2 Å². The summed E-state index contributed by atoms with van der Waals surface area (Å²) in [6.45, 7) is 0. The third-order valence-corrected chi connectivity index (χ3v) is 3.82. The Morgan fingerprint density at radius 3 is 2.36 bits per heavy atom. The fourth-order valence-electron chi connectivity index (χ4n) is 2.61. The van der Waals surface area contributed by atoms with Crippen LogP contribution in [0.4, 0.5) is 11.4 Å². The van der Waals surface area contributed by atoms with Crippen LogP contribution in [0.1, 0.15) is 16.8 Å². The van der Waals surface area contributed by atoms with Gasteiger partial charge in [0.15, 0.2) is 0 Å². The Bertz CT molecular complexity index is 862. The molecule has 1 fully saturated rings. The molecule has 8 nitrogen and oxygen atoms in total. The van der Waals surface area contributed by atoms with Crippen LogP contribution in [0, 0.1) is 0 Å². The van der Waals surface area contributed by atoms with E-state index in [1.165, 1.54) is 18.2 Å². The van der Waals surface area contributed by atoms with Crippen molar-refractivity contribution in [3.8, 4) is 11.5 Å². The molecule has 4 N–H and O–H groups in total. The van der Waals surface area contributed by atoms with Gasteiger partial charge in [-0.25, -0.2) is 9.69 Å². The molecular weight excluding hydrogens is 328 g/mol. The first kappa shape index (κ1) is 16.3. The molecular formula is C17H14N2O6. The van der Waals surface area contributed by atoms with Crippen molar-refractivity contribution in [3.05, 3.63) is 48.0 Å². The largest absolute Gasteiger partial charge is 0.508 e. The topological polar surface area (TPSA) is 127 Å². The minimum absolute atomic E-state index is 0.0787. The monoisotopic (exact) mass is 342 g/mol. The number of aromatic hydroxyl groups is 2. The number of carbonyl (C=O) groups excluding carboxylic acids is 2. The maximum absolute atomic E-state index is 12.5. The minimum Gasteiger partial charge on any atom is -0.508 e. The van der Waals surface area contributed by atoms with Crippen LogP contribution < -0.4 is 10.2 Å². The quantitative estimate of drug-likeness (QED) is 0.490. The van der Waals surface area contributed by atoms with E-state index in [1.54, 1.807) is 12.1 Å². The SMILES string of the molecule is O=C(O)c1ccc(N2C(=O)CC(Nc3ccc(O)cc3)C2=O)cc1O.